The molecule has 0 unspecified atom stereocenters. The van der Waals surface area contributed by atoms with E-state index < -0.39 is 0 Å². The van der Waals surface area contributed by atoms with Crippen molar-refractivity contribution in [1.82, 2.24) is 0 Å². The van der Waals surface area contributed by atoms with Gasteiger partial charge in [-0.3, -0.25) is 0 Å². The summed E-state index contributed by atoms with van der Waals surface area (Å²) in [5, 5.41) is 7.64. The van der Waals surface area contributed by atoms with Crippen LogP contribution < -0.4 is 5.73 Å². The number of nitrogens with one attached hydrogen (secondary N) is 1. The summed E-state index contributed by atoms with van der Waals surface area (Å²) in [7, 11) is 0. The third-order valence-electron chi connectivity index (χ3n) is 2.15. The summed E-state index contributed by atoms with van der Waals surface area (Å²) in [5.41, 5.74) is 7.86. The molecule has 0 aliphatic heterocycles. The molecule has 0 spiro atoms. The van der Waals surface area contributed by atoms with Crippen LogP contribution in [0.15, 0.2) is 36.5 Å². The number of benzene rings is 1. The van der Waals surface area contributed by atoms with Gasteiger partial charge in [-0.15, -0.1) is 0 Å². The topological polar surface area (TPSA) is 49.9 Å². The van der Waals surface area contributed by atoms with Crippen LogP contribution in [0.2, 0.25) is 0 Å². The van der Waals surface area contributed by atoms with Gasteiger partial charge in [0.25, 0.3) is 0 Å². The smallest absolute Gasteiger partial charge is 0.0626 e. The van der Waals surface area contributed by atoms with Gasteiger partial charge in [0.15, 0.2) is 0 Å². The highest BCUT2D eigenvalue weighted by Crippen LogP contribution is 2.14. The van der Waals surface area contributed by atoms with E-state index in [2.05, 4.69) is 26.0 Å². The molecule has 1 rings (SSSR count). The lowest BCUT2D eigenvalue weighted by atomic mass is 10.0. The standard InChI is InChI=1S/C12H16N2/c1-9(2)10-3-5-11(6-4-10)12(14)7-8-13/h3-9,14H,13H2,1-2H3/b8-7-,14-12?. The van der Waals surface area contributed by atoms with E-state index in [1.807, 2.05) is 12.1 Å². The molecule has 0 fully saturated rings. The molecule has 0 saturated heterocycles. The van der Waals surface area contributed by atoms with E-state index in [9.17, 15) is 0 Å². The van der Waals surface area contributed by atoms with Crippen LogP contribution in [-0.4, -0.2) is 5.71 Å². The van der Waals surface area contributed by atoms with E-state index in [-0.39, 0.29) is 0 Å². The Labute approximate surface area is 85.0 Å². The van der Waals surface area contributed by atoms with E-state index in [1.54, 1.807) is 6.08 Å². The molecule has 2 heteroatoms. The molecule has 3 N–H and O–H groups in total. The first-order chi connectivity index (χ1) is 6.65. The van der Waals surface area contributed by atoms with Crippen LogP contribution >= 0.6 is 0 Å². The van der Waals surface area contributed by atoms with Crippen molar-refractivity contribution in [2.24, 2.45) is 5.73 Å². The minimum atomic E-state index is 0.447. The van der Waals surface area contributed by atoms with Crippen LogP contribution in [-0.2, 0) is 0 Å². The lowest BCUT2D eigenvalue weighted by molar-refractivity contribution is 0.866. The summed E-state index contributed by atoms with van der Waals surface area (Å²) in [5.74, 6) is 0.531. The Morgan fingerprint density at radius 1 is 1.29 bits per heavy atom. The van der Waals surface area contributed by atoms with Gasteiger partial charge < -0.3 is 11.1 Å². The zero-order chi connectivity index (χ0) is 10.6. The lowest BCUT2D eigenvalue weighted by Gasteiger charge is -2.05. The van der Waals surface area contributed by atoms with Crippen LogP contribution in [0.25, 0.3) is 0 Å². The molecule has 1 aromatic rings. The van der Waals surface area contributed by atoms with Crippen molar-refractivity contribution in [1.29, 1.82) is 5.41 Å². The third kappa shape index (κ3) is 2.46. The largest absolute Gasteiger partial charge is 0.405 e. The molecule has 2 nitrogen and oxygen atoms in total. The van der Waals surface area contributed by atoms with Crippen LogP contribution in [0, 0.1) is 5.41 Å². The molecule has 0 atom stereocenters. The first kappa shape index (κ1) is 10.5. The number of allylic oxidation sites excluding steroid dienone is 1. The van der Waals surface area contributed by atoms with E-state index in [1.165, 1.54) is 11.8 Å². The molecule has 0 aromatic heterocycles. The van der Waals surface area contributed by atoms with E-state index in [0.29, 0.717) is 11.6 Å². The van der Waals surface area contributed by atoms with Gasteiger partial charge in [-0.2, -0.15) is 0 Å². The molecular formula is C12H16N2. The second-order valence-electron chi connectivity index (χ2n) is 3.55. The van der Waals surface area contributed by atoms with Gasteiger partial charge in [0.1, 0.15) is 0 Å². The van der Waals surface area contributed by atoms with Crippen LogP contribution in [0.5, 0.6) is 0 Å². The highest BCUT2D eigenvalue weighted by atomic mass is 14.5. The molecule has 0 saturated carbocycles. The highest BCUT2D eigenvalue weighted by Gasteiger charge is 2.00. The molecule has 0 heterocycles. The van der Waals surface area contributed by atoms with E-state index >= 15 is 0 Å². The van der Waals surface area contributed by atoms with Gasteiger partial charge in [0.05, 0.1) is 5.71 Å². The number of rotatable bonds is 3. The van der Waals surface area contributed by atoms with Crippen molar-refractivity contribution in [3.63, 3.8) is 0 Å². The molecule has 14 heavy (non-hydrogen) atoms. The van der Waals surface area contributed by atoms with Crippen LogP contribution in [0.4, 0.5) is 0 Å². The van der Waals surface area contributed by atoms with Gasteiger partial charge in [-0.05, 0) is 29.3 Å². The predicted molar refractivity (Wildman–Crippen MR) is 60.7 cm³/mol. The maximum atomic E-state index is 7.64. The van der Waals surface area contributed by atoms with Crippen molar-refractivity contribution >= 4 is 5.71 Å². The van der Waals surface area contributed by atoms with Gasteiger partial charge in [0.2, 0.25) is 0 Å². The maximum absolute atomic E-state index is 7.64. The Kier molecular flexibility index (Phi) is 3.46. The minimum Gasteiger partial charge on any atom is -0.405 e. The molecule has 0 aliphatic carbocycles. The quantitative estimate of drug-likeness (QED) is 0.704. The van der Waals surface area contributed by atoms with Crippen LogP contribution in [0.3, 0.4) is 0 Å². The summed E-state index contributed by atoms with van der Waals surface area (Å²) in [6.45, 7) is 4.31. The molecule has 74 valence electrons. The maximum Gasteiger partial charge on any atom is 0.0626 e. The average molecular weight is 188 g/mol. The predicted octanol–water partition coefficient (Wildman–Crippen LogP) is 2.65. The van der Waals surface area contributed by atoms with Crippen molar-refractivity contribution < 1.29 is 0 Å². The Bertz CT molecular complexity index is 334. The number of hydrogen-bond donors (Lipinski definition) is 2. The third-order valence-corrected chi connectivity index (χ3v) is 2.15. The Morgan fingerprint density at radius 3 is 2.29 bits per heavy atom. The lowest BCUT2D eigenvalue weighted by Crippen LogP contribution is -1.96. The number of nitrogens with two attached hydrogens (primary N) is 1. The van der Waals surface area contributed by atoms with Crippen molar-refractivity contribution in [2.75, 3.05) is 0 Å². The van der Waals surface area contributed by atoms with Gasteiger partial charge in [-0.1, -0.05) is 38.1 Å². The summed E-state index contributed by atoms with van der Waals surface area (Å²) >= 11 is 0. The zero-order valence-electron chi connectivity index (χ0n) is 8.62. The molecule has 0 bridgehead atoms. The average Bonchev–Trinajstić information content (AvgIpc) is 2.18. The normalized spacial score (nSPS) is 11.1. The first-order valence-corrected chi connectivity index (χ1v) is 4.72. The Hall–Kier alpha value is -1.57. The second kappa shape index (κ2) is 4.61. The zero-order valence-corrected chi connectivity index (χ0v) is 8.62. The monoisotopic (exact) mass is 188 g/mol. The Morgan fingerprint density at radius 2 is 1.86 bits per heavy atom. The Balaban J connectivity index is 2.88. The first-order valence-electron chi connectivity index (χ1n) is 4.72. The fourth-order valence-electron chi connectivity index (χ4n) is 1.24. The molecule has 1 aromatic carbocycles. The number of hydrogen-bond acceptors (Lipinski definition) is 2. The van der Waals surface area contributed by atoms with Crippen molar-refractivity contribution in [3.8, 4) is 0 Å². The fraction of sp³-hybridized carbons (Fsp3) is 0.250. The molecule has 0 radical (unpaired) electrons. The second-order valence-corrected chi connectivity index (χ2v) is 3.55. The van der Waals surface area contributed by atoms with E-state index in [4.69, 9.17) is 11.1 Å². The van der Waals surface area contributed by atoms with Gasteiger partial charge in [0, 0.05) is 0 Å². The van der Waals surface area contributed by atoms with Gasteiger partial charge >= 0.3 is 0 Å². The summed E-state index contributed by atoms with van der Waals surface area (Å²) in [4.78, 5) is 0. The van der Waals surface area contributed by atoms with Gasteiger partial charge in [-0.25, -0.2) is 0 Å². The summed E-state index contributed by atoms with van der Waals surface area (Å²) in [6.07, 6.45) is 2.98. The molecule has 0 amide bonds. The SMILES string of the molecule is CC(C)c1ccc(C(=N)/C=C\N)cc1. The highest BCUT2D eigenvalue weighted by molar-refractivity contribution is 6.06. The summed E-state index contributed by atoms with van der Waals surface area (Å²) < 4.78 is 0. The van der Waals surface area contributed by atoms with Crippen molar-refractivity contribution in [3.05, 3.63) is 47.7 Å². The van der Waals surface area contributed by atoms with Crippen LogP contribution in [0.1, 0.15) is 30.9 Å². The minimum absolute atomic E-state index is 0.447. The molecular weight excluding hydrogens is 172 g/mol. The van der Waals surface area contributed by atoms with Crippen molar-refractivity contribution in [2.45, 2.75) is 19.8 Å². The summed E-state index contributed by atoms with van der Waals surface area (Å²) in [6, 6.07) is 8.02. The fourth-order valence-corrected chi connectivity index (χ4v) is 1.24. The van der Waals surface area contributed by atoms with E-state index in [0.717, 1.165) is 5.56 Å². The molecule has 0 aliphatic rings.